The van der Waals surface area contributed by atoms with Gasteiger partial charge in [-0.1, -0.05) is 6.08 Å². The number of hydrogen-bond donors (Lipinski definition) is 0. The van der Waals surface area contributed by atoms with Gasteiger partial charge in [-0.05, 0) is 13.8 Å². The molecule has 0 radical (unpaired) electrons. The Hall–Kier alpha value is -1.82. The maximum absolute atomic E-state index is 11.8. The Morgan fingerprint density at radius 1 is 1.11 bits per heavy atom. The lowest BCUT2D eigenvalue weighted by molar-refractivity contribution is -0.146. The molecule has 19 heavy (non-hydrogen) atoms. The van der Waals surface area contributed by atoms with Gasteiger partial charge in [-0.15, -0.1) is 6.58 Å². The van der Waals surface area contributed by atoms with E-state index in [2.05, 4.69) is 6.58 Å². The van der Waals surface area contributed by atoms with E-state index in [9.17, 15) is 9.59 Å². The fourth-order valence-corrected chi connectivity index (χ4v) is 1.22. The first-order chi connectivity index (χ1) is 8.97. The molecule has 0 aromatic heterocycles. The summed E-state index contributed by atoms with van der Waals surface area (Å²) in [4.78, 5) is 23.5. The summed E-state index contributed by atoms with van der Waals surface area (Å²) in [5.41, 5.74) is -0.140. The van der Waals surface area contributed by atoms with Crippen LogP contribution >= 0.6 is 0 Å². The van der Waals surface area contributed by atoms with Gasteiger partial charge in [0.15, 0.2) is 5.57 Å². The van der Waals surface area contributed by atoms with Crippen molar-refractivity contribution < 1.29 is 19.1 Å². The lowest BCUT2D eigenvalue weighted by atomic mass is 10.3. The fourth-order valence-electron chi connectivity index (χ4n) is 1.22. The number of hydrazine groups is 1. The van der Waals surface area contributed by atoms with E-state index in [0.29, 0.717) is 6.54 Å². The molecule has 6 heteroatoms. The second-order valence-electron chi connectivity index (χ2n) is 3.74. The van der Waals surface area contributed by atoms with Gasteiger partial charge in [0.05, 0.1) is 19.8 Å². The zero-order valence-electron chi connectivity index (χ0n) is 12.0. The van der Waals surface area contributed by atoms with Crippen LogP contribution in [0.2, 0.25) is 0 Å². The molecule has 0 saturated carbocycles. The van der Waals surface area contributed by atoms with E-state index in [0.717, 1.165) is 0 Å². The Bertz CT molecular complexity index is 331. The first kappa shape index (κ1) is 17.2. The minimum Gasteiger partial charge on any atom is -0.462 e. The molecule has 0 amide bonds. The predicted molar refractivity (Wildman–Crippen MR) is 71.9 cm³/mol. The van der Waals surface area contributed by atoms with Gasteiger partial charge in [0.2, 0.25) is 0 Å². The van der Waals surface area contributed by atoms with Gasteiger partial charge in [0, 0.05) is 20.3 Å². The second kappa shape index (κ2) is 9.16. The van der Waals surface area contributed by atoms with Gasteiger partial charge in [-0.3, -0.25) is 0 Å². The number of ether oxygens (including phenoxy) is 2. The standard InChI is InChI=1S/C13H22N2O4/c1-6-9-15(14(4)5)10-11(12(16)18-7-2)13(17)19-8-3/h6,10H,1,7-9H2,2-5H3. The minimum atomic E-state index is -0.697. The summed E-state index contributed by atoms with van der Waals surface area (Å²) in [5, 5.41) is 3.37. The summed E-state index contributed by atoms with van der Waals surface area (Å²) >= 11 is 0. The third-order valence-corrected chi connectivity index (χ3v) is 2.10. The van der Waals surface area contributed by atoms with E-state index in [1.54, 1.807) is 44.0 Å². The number of rotatable bonds is 8. The van der Waals surface area contributed by atoms with Crippen molar-refractivity contribution in [2.24, 2.45) is 0 Å². The summed E-state index contributed by atoms with van der Waals surface area (Å²) in [6, 6.07) is 0. The largest absolute Gasteiger partial charge is 0.462 e. The highest BCUT2D eigenvalue weighted by atomic mass is 16.6. The normalized spacial score (nSPS) is 9.74. The number of carbonyl (C=O) groups excluding carboxylic acids is 2. The number of carbonyl (C=O) groups is 2. The summed E-state index contributed by atoms with van der Waals surface area (Å²) in [6.45, 7) is 7.81. The summed E-state index contributed by atoms with van der Waals surface area (Å²) in [7, 11) is 3.57. The lowest BCUT2D eigenvalue weighted by Crippen LogP contribution is -2.34. The molecular formula is C13H22N2O4. The maximum atomic E-state index is 11.8. The molecular weight excluding hydrogens is 248 g/mol. The monoisotopic (exact) mass is 270 g/mol. The molecule has 0 rings (SSSR count). The van der Waals surface area contributed by atoms with Crippen molar-refractivity contribution in [1.82, 2.24) is 10.0 Å². The SMILES string of the molecule is C=CCN(C=C(C(=O)OCC)C(=O)OCC)N(C)C. The summed E-state index contributed by atoms with van der Waals surface area (Å²) < 4.78 is 9.70. The molecule has 6 nitrogen and oxygen atoms in total. The van der Waals surface area contributed by atoms with Crippen molar-refractivity contribution in [1.29, 1.82) is 0 Å². The first-order valence-electron chi connectivity index (χ1n) is 6.08. The molecule has 0 aliphatic carbocycles. The topological polar surface area (TPSA) is 59.1 Å². The van der Waals surface area contributed by atoms with Crippen LogP contribution < -0.4 is 0 Å². The van der Waals surface area contributed by atoms with E-state index in [1.807, 2.05) is 0 Å². The van der Waals surface area contributed by atoms with E-state index in [4.69, 9.17) is 9.47 Å². The highest BCUT2D eigenvalue weighted by Crippen LogP contribution is 2.06. The highest BCUT2D eigenvalue weighted by molar-refractivity contribution is 6.13. The van der Waals surface area contributed by atoms with Crippen LogP contribution in [0.5, 0.6) is 0 Å². The van der Waals surface area contributed by atoms with Crippen LogP contribution in [-0.4, -0.2) is 55.8 Å². The molecule has 0 aliphatic rings. The van der Waals surface area contributed by atoms with Gasteiger partial charge >= 0.3 is 11.9 Å². The second-order valence-corrected chi connectivity index (χ2v) is 3.74. The molecule has 0 aliphatic heterocycles. The van der Waals surface area contributed by atoms with Crippen molar-refractivity contribution >= 4 is 11.9 Å². The maximum Gasteiger partial charge on any atom is 0.347 e. The van der Waals surface area contributed by atoms with E-state index < -0.39 is 11.9 Å². The Labute approximate surface area is 114 Å². The van der Waals surface area contributed by atoms with Gasteiger partial charge in [-0.25, -0.2) is 14.6 Å². The van der Waals surface area contributed by atoms with Crippen molar-refractivity contribution in [2.45, 2.75) is 13.8 Å². The van der Waals surface area contributed by atoms with Crippen molar-refractivity contribution in [2.75, 3.05) is 33.9 Å². The molecule has 0 bridgehead atoms. The van der Waals surface area contributed by atoms with Crippen LogP contribution in [0.1, 0.15) is 13.8 Å². The molecule has 0 aromatic rings. The fraction of sp³-hybridized carbons (Fsp3) is 0.538. The van der Waals surface area contributed by atoms with Crippen molar-refractivity contribution in [3.8, 4) is 0 Å². The molecule has 0 unspecified atom stereocenters. The van der Waals surface area contributed by atoms with E-state index >= 15 is 0 Å². The first-order valence-corrected chi connectivity index (χ1v) is 6.08. The molecule has 108 valence electrons. The molecule has 0 N–H and O–H groups in total. The molecule has 0 fully saturated rings. The summed E-state index contributed by atoms with van der Waals surface area (Å²) in [6.07, 6.45) is 3.06. The predicted octanol–water partition coefficient (Wildman–Crippen LogP) is 0.961. The molecule has 0 saturated heterocycles. The van der Waals surface area contributed by atoms with Crippen LogP contribution in [0.4, 0.5) is 0 Å². The molecule has 0 aromatic carbocycles. The quantitative estimate of drug-likeness (QED) is 0.163. The van der Waals surface area contributed by atoms with Crippen LogP contribution in [0.25, 0.3) is 0 Å². The summed E-state index contributed by atoms with van der Waals surface area (Å²) in [5.74, 6) is -1.39. The average molecular weight is 270 g/mol. The van der Waals surface area contributed by atoms with Gasteiger partial charge in [0.1, 0.15) is 0 Å². The van der Waals surface area contributed by atoms with Crippen molar-refractivity contribution in [3.05, 3.63) is 24.4 Å². The molecule has 0 spiro atoms. The van der Waals surface area contributed by atoms with E-state index in [-0.39, 0.29) is 18.8 Å². The van der Waals surface area contributed by atoms with Crippen LogP contribution in [-0.2, 0) is 19.1 Å². The average Bonchev–Trinajstić information content (AvgIpc) is 2.34. The Balaban J connectivity index is 5.23. The lowest BCUT2D eigenvalue weighted by Gasteiger charge is -2.26. The highest BCUT2D eigenvalue weighted by Gasteiger charge is 2.22. The Morgan fingerprint density at radius 2 is 1.58 bits per heavy atom. The van der Waals surface area contributed by atoms with E-state index in [1.165, 1.54) is 6.20 Å². The van der Waals surface area contributed by atoms with Crippen molar-refractivity contribution in [3.63, 3.8) is 0 Å². The Kier molecular flexibility index (Phi) is 8.28. The zero-order chi connectivity index (χ0) is 14.8. The number of hydrogen-bond acceptors (Lipinski definition) is 6. The van der Waals surface area contributed by atoms with Crippen LogP contribution in [0.3, 0.4) is 0 Å². The smallest absolute Gasteiger partial charge is 0.347 e. The number of nitrogens with zero attached hydrogens (tertiary/aromatic N) is 2. The zero-order valence-corrected chi connectivity index (χ0v) is 12.0. The minimum absolute atomic E-state index is 0.140. The van der Waals surface area contributed by atoms with Crippen LogP contribution in [0.15, 0.2) is 24.4 Å². The Morgan fingerprint density at radius 3 is 1.89 bits per heavy atom. The third kappa shape index (κ3) is 6.05. The van der Waals surface area contributed by atoms with Gasteiger partial charge in [0.25, 0.3) is 0 Å². The van der Waals surface area contributed by atoms with Crippen LogP contribution in [0, 0.1) is 0 Å². The number of esters is 2. The van der Waals surface area contributed by atoms with Gasteiger partial charge in [-0.2, -0.15) is 0 Å². The molecule has 0 heterocycles. The van der Waals surface area contributed by atoms with Gasteiger partial charge < -0.3 is 14.5 Å². The molecule has 0 atom stereocenters. The third-order valence-electron chi connectivity index (χ3n) is 2.10.